The number of aliphatic hydroxyl groups is 1. The topological polar surface area (TPSA) is 50.1 Å². The third-order valence-corrected chi connectivity index (χ3v) is 3.65. The van der Waals surface area contributed by atoms with Crippen molar-refractivity contribution in [3.05, 3.63) is 45.7 Å². The molecule has 6 heteroatoms. The number of para-hydroxylation sites is 1. The van der Waals surface area contributed by atoms with E-state index in [1.165, 1.54) is 0 Å². The number of rotatable bonds is 5. The Morgan fingerprint density at radius 2 is 2.05 bits per heavy atom. The van der Waals surface area contributed by atoms with Gasteiger partial charge < -0.3 is 10.4 Å². The predicted octanol–water partition coefficient (Wildman–Crippen LogP) is 2.96. The summed E-state index contributed by atoms with van der Waals surface area (Å²) in [7, 11) is 0. The second kappa shape index (κ2) is 6.59. The standard InChI is InChI=1S/C14H17Cl2N3O/c1-9(20)7-17-8-11-10(2)18-19(14(11)16)13-6-4-3-5-12(13)15/h3-6,9,17,20H,7-8H2,1-2H3. The maximum Gasteiger partial charge on any atom is 0.137 e. The molecular weight excluding hydrogens is 297 g/mol. The van der Waals surface area contributed by atoms with E-state index in [2.05, 4.69) is 10.4 Å². The molecular formula is C14H17Cl2N3O. The van der Waals surface area contributed by atoms with Crippen molar-refractivity contribution in [1.29, 1.82) is 0 Å². The molecule has 20 heavy (non-hydrogen) atoms. The van der Waals surface area contributed by atoms with Crippen LogP contribution in [0.4, 0.5) is 0 Å². The van der Waals surface area contributed by atoms with Gasteiger partial charge in [0, 0.05) is 18.7 Å². The summed E-state index contributed by atoms with van der Waals surface area (Å²) < 4.78 is 1.64. The maximum atomic E-state index is 9.25. The highest BCUT2D eigenvalue weighted by atomic mass is 35.5. The highest BCUT2D eigenvalue weighted by Gasteiger charge is 2.15. The Kier molecular flexibility index (Phi) is 5.05. The van der Waals surface area contributed by atoms with Gasteiger partial charge in [0.1, 0.15) is 5.15 Å². The molecule has 2 rings (SSSR count). The van der Waals surface area contributed by atoms with Gasteiger partial charge >= 0.3 is 0 Å². The van der Waals surface area contributed by atoms with Crippen molar-refractivity contribution in [2.45, 2.75) is 26.5 Å². The minimum Gasteiger partial charge on any atom is -0.392 e. The average molecular weight is 314 g/mol. The SMILES string of the molecule is Cc1nn(-c2ccccc2Cl)c(Cl)c1CNCC(C)O. The van der Waals surface area contributed by atoms with Crippen LogP contribution in [-0.4, -0.2) is 27.5 Å². The van der Waals surface area contributed by atoms with Crippen molar-refractivity contribution in [2.75, 3.05) is 6.54 Å². The molecule has 2 aromatic rings. The molecule has 2 N–H and O–H groups in total. The zero-order valence-electron chi connectivity index (χ0n) is 11.4. The summed E-state index contributed by atoms with van der Waals surface area (Å²) >= 11 is 12.6. The van der Waals surface area contributed by atoms with E-state index >= 15 is 0 Å². The van der Waals surface area contributed by atoms with Gasteiger partial charge in [-0.05, 0) is 26.0 Å². The lowest BCUT2D eigenvalue weighted by atomic mass is 10.2. The first kappa shape index (κ1) is 15.3. The molecule has 1 aromatic carbocycles. The first-order chi connectivity index (χ1) is 9.50. The first-order valence-corrected chi connectivity index (χ1v) is 7.14. The molecule has 0 fully saturated rings. The molecule has 0 aliphatic carbocycles. The molecule has 1 atom stereocenters. The second-order valence-corrected chi connectivity index (χ2v) is 5.46. The van der Waals surface area contributed by atoms with Crippen LogP contribution in [-0.2, 0) is 6.54 Å². The number of aromatic nitrogens is 2. The Morgan fingerprint density at radius 1 is 1.35 bits per heavy atom. The number of hydrogen-bond donors (Lipinski definition) is 2. The Labute approximate surface area is 128 Å². The molecule has 0 aliphatic rings. The summed E-state index contributed by atoms with van der Waals surface area (Å²) in [4.78, 5) is 0. The zero-order chi connectivity index (χ0) is 14.7. The lowest BCUT2D eigenvalue weighted by Crippen LogP contribution is -2.24. The van der Waals surface area contributed by atoms with Gasteiger partial charge in [0.15, 0.2) is 0 Å². The normalized spacial score (nSPS) is 12.7. The van der Waals surface area contributed by atoms with Crippen molar-refractivity contribution in [1.82, 2.24) is 15.1 Å². The zero-order valence-corrected chi connectivity index (χ0v) is 12.9. The smallest absolute Gasteiger partial charge is 0.137 e. The van der Waals surface area contributed by atoms with E-state index < -0.39 is 6.10 Å². The number of halogens is 2. The van der Waals surface area contributed by atoms with Crippen molar-refractivity contribution in [3.63, 3.8) is 0 Å². The summed E-state index contributed by atoms with van der Waals surface area (Å²) in [6.07, 6.45) is -0.396. The van der Waals surface area contributed by atoms with E-state index in [4.69, 9.17) is 23.2 Å². The molecule has 108 valence electrons. The van der Waals surface area contributed by atoms with Crippen LogP contribution in [0.1, 0.15) is 18.2 Å². The van der Waals surface area contributed by atoms with Crippen LogP contribution in [0.2, 0.25) is 10.2 Å². The highest BCUT2D eigenvalue weighted by molar-refractivity contribution is 6.33. The van der Waals surface area contributed by atoms with Crippen molar-refractivity contribution in [3.8, 4) is 5.69 Å². The monoisotopic (exact) mass is 313 g/mol. The van der Waals surface area contributed by atoms with Gasteiger partial charge in [0.05, 0.1) is 22.5 Å². The van der Waals surface area contributed by atoms with Gasteiger partial charge in [-0.2, -0.15) is 5.10 Å². The third-order valence-electron chi connectivity index (χ3n) is 2.94. The Hall–Kier alpha value is -1.07. The Morgan fingerprint density at radius 3 is 2.70 bits per heavy atom. The first-order valence-electron chi connectivity index (χ1n) is 6.38. The molecule has 0 saturated heterocycles. The van der Waals surface area contributed by atoms with Crippen molar-refractivity contribution >= 4 is 23.2 Å². The largest absolute Gasteiger partial charge is 0.392 e. The van der Waals surface area contributed by atoms with Crippen LogP contribution in [0.25, 0.3) is 5.69 Å². The van der Waals surface area contributed by atoms with Gasteiger partial charge in [-0.1, -0.05) is 35.3 Å². The molecule has 0 amide bonds. The summed E-state index contributed by atoms with van der Waals surface area (Å²) in [6.45, 7) is 4.69. The van der Waals surface area contributed by atoms with Crippen LogP contribution in [0.3, 0.4) is 0 Å². The fourth-order valence-electron chi connectivity index (χ4n) is 1.92. The van der Waals surface area contributed by atoms with E-state index in [9.17, 15) is 5.11 Å². The van der Waals surface area contributed by atoms with Crippen LogP contribution in [0.5, 0.6) is 0 Å². The quantitative estimate of drug-likeness (QED) is 0.892. The lowest BCUT2D eigenvalue weighted by Gasteiger charge is -2.07. The number of nitrogens with zero attached hydrogens (tertiary/aromatic N) is 2. The molecule has 0 bridgehead atoms. The molecule has 1 aromatic heterocycles. The number of nitrogens with one attached hydrogen (secondary N) is 1. The predicted molar refractivity (Wildman–Crippen MR) is 81.7 cm³/mol. The van der Waals surface area contributed by atoms with Crippen LogP contribution in [0, 0.1) is 6.92 Å². The fraction of sp³-hybridized carbons (Fsp3) is 0.357. The second-order valence-electron chi connectivity index (χ2n) is 4.70. The van der Waals surface area contributed by atoms with Gasteiger partial charge in [-0.3, -0.25) is 0 Å². The summed E-state index contributed by atoms with van der Waals surface area (Å²) in [5, 5.41) is 18.0. The van der Waals surface area contributed by atoms with Crippen LogP contribution in [0.15, 0.2) is 24.3 Å². The molecule has 0 aliphatic heterocycles. The van der Waals surface area contributed by atoms with Crippen LogP contribution >= 0.6 is 23.2 Å². The molecule has 1 heterocycles. The lowest BCUT2D eigenvalue weighted by molar-refractivity contribution is 0.191. The molecule has 0 radical (unpaired) electrons. The molecule has 0 spiro atoms. The van der Waals surface area contributed by atoms with E-state index in [-0.39, 0.29) is 0 Å². The summed E-state index contributed by atoms with van der Waals surface area (Å²) in [6, 6.07) is 7.42. The summed E-state index contributed by atoms with van der Waals surface area (Å²) in [5.41, 5.74) is 2.50. The van der Waals surface area contributed by atoms with Crippen molar-refractivity contribution < 1.29 is 5.11 Å². The highest BCUT2D eigenvalue weighted by Crippen LogP contribution is 2.27. The van der Waals surface area contributed by atoms with E-state index in [0.29, 0.717) is 23.3 Å². The third kappa shape index (κ3) is 3.33. The van der Waals surface area contributed by atoms with E-state index in [1.807, 2.05) is 25.1 Å². The summed E-state index contributed by atoms with van der Waals surface area (Å²) in [5.74, 6) is 0. The minimum atomic E-state index is -0.396. The number of benzene rings is 1. The van der Waals surface area contributed by atoms with Gasteiger partial charge in [-0.25, -0.2) is 4.68 Å². The molecule has 1 unspecified atom stereocenters. The Bertz CT molecular complexity index is 596. The molecule has 0 saturated carbocycles. The Balaban J connectivity index is 2.27. The van der Waals surface area contributed by atoms with Gasteiger partial charge in [-0.15, -0.1) is 0 Å². The fourth-order valence-corrected chi connectivity index (χ4v) is 2.47. The van der Waals surface area contributed by atoms with Crippen LogP contribution < -0.4 is 5.32 Å². The maximum absolute atomic E-state index is 9.25. The number of aliphatic hydroxyl groups excluding tert-OH is 1. The van der Waals surface area contributed by atoms with Gasteiger partial charge in [0.25, 0.3) is 0 Å². The molecule has 4 nitrogen and oxygen atoms in total. The minimum absolute atomic E-state index is 0.396. The van der Waals surface area contributed by atoms with Gasteiger partial charge in [0.2, 0.25) is 0 Å². The van der Waals surface area contributed by atoms with E-state index in [0.717, 1.165) is 16.9 Å². The van der Waals surface area contributed by atoms with Crippen molar-refractivity contribution in [2.24, 2.45) is 0 Å². The number of hydrogen-bond acceptors (Lipinski definition) is 3. The van der Waals surface area contributed by atoms with E-state index in [1.54, 1.807) is 17.7 Å². The average Bonchev–Trinajstić information content (AvgIpc) is 2.67. The number of aryl methyl sites for hydroxylation is 1.